The highest BCUT2D eigenvalue weighted by Crippen LogP contribution is 2.27. The molecule has 0 bridgehead atoms. The summed E-state index contributed by atoms with van der Waals surface area (Å²) in [5.74, 6) is 0. The summed E-state index contributed by atoms with van der Waals surface area (Å²) >= 11 is 0. The first-order valence-electron chi connectivity index (χ1n) is 5.42. The normalized spacial score (nSPS) is 11.2. The summed E-state index contributed by atoms with van der Waals surface area (Å²) in [7, 11) is -1.89. The summed E-state index contributed by atoms with van der Waals surface area (Å²) in [4.78, 5) is 0.141. The van der Waals surface area contributed by atoms with Crippen LogP contribution in [0.5, 0.6) is 0 Å². The van der Waals surface area contributed by atoms with Crippen molar-refractivity contribution in [3.8, 4) is 11.1 Å². The Bertz CT molecular complexity index is 649. The van der Waals surface area contributed by atoms with Gasteiger partial charge in [0.25, 0.3) is 0 Å². The van der Waals surface area contributed by atoms with Gasteiger partial charge in [-0.1, -0.05) is 30.3 Å². The lowest BCUT2D eigenvalue weighted by Gasteiger charge is -2.08. The van der Waals surface area contributed by atoms with Gasteiger partial charge in [0, 0.05) is 18.3 Å². The van der Waals surface area contributed by atoms with E-state index in [9.17, 15) is 8.42 Å². The second kappa shape index (κ2) is 4.80. The van der Waals surface area contributed by atoms with Crippen molar-refractivity contribution in [2.75, 3.05) is 12.4 Å². The van der Waals surface area contributed by atoms with Gasteiger partial charge >= 0.3 is 0 Å². The lowest BCUT2D eigenvalue weighted by atomic mass is 10.1. The van der Waals surface area contributed by atoms with Gasteiger partial charge in [-0.25, -0.2) is 13.6 Å². The molecular weight excluding hydrogens is 248 g/mol. The van der Waals surface area contributed by atoms with Crippen LogP contribution in [0.2, 0.25) is 0 Å². The third-order valence-corrected chi connectivity index (χ3v) is 3.65. The van der Waals surface area contributed by atoms with Crippen LogP contribution in [0.3, 0.4) is 0 Å². The number of nitrogens with one attached hydrogen (secondary N) is 1. The largest absolute Gasteiger partial charge is 0.388 e. The Hall–Kier alpha value is -1.85. The standard InChI is InChI=1S/C13H14N2O2S/c1-15-11-8-6-10(7-9-11)12-4-2-3-5-13(12)18(14,16)17/h2-9,15H,1H3,(H2,14,16,17). The molecule has 5 heteroatoms. The van der Waals surface area contributed by atoms with Gasteiger partial charge in [0.15, 0.2) is 0 Å². The average Bonchev–Trinajstić information content (AvgIpc) is 2.38. The molecule has 0 fully saturated rings. The van der Waals surface area contributed by atoms with E-state index in [1.807, 2.05) is 31.3 Å². The number of hydrogen-bond donors (Lipinski definition) is 2. The minimum Gasteiger partial charge on any atom is -0.388 e. The molecule has 0 heterocycles. The van der Waals surface area contributed by atoms with Crippen molar-refractivity contribution in [3.05, 3.63) is 48.5 Å². The second-order valence-electron chi connectivity index (χ2n) is 3.87. The van der Waals surface area contributed by atoms with Gasteiger partial charge < -0.3 is 5.32 Å². The predicted molar refractivity (Wildman–Crippen MR) is 72.8 cm³/mol. The van der Waals surface area contributed by atoms with E-state index in [1.54, 1.807) is 18.2 Å². The van der Waals surface area contributed by atoms with Gasteiger partial charge in [-0.2, -0.15) is 0 Å². The number of benzene rings is 2. The Morgan fingerprint density at radius 3 is 2.17 bits per heavy atom. The molecular formula is C13H14N2O2S. The molecule has 0 aliphatic carbocycles. The highest BCUT2D eigenvalue weighted by atomic mass is 32.2. The summed E-state index contributed by atoms with van der Waals surface area (Å²) in [6, 6.07) is 14.2. The molecule has 0 atom stereocenters. The maximum atomic E-state index is 11.5. The van der Waals surface area contributed by atoms with Crippen molar-refractivity contribution in [2.24, 2.45) is 5.14 Å². The highest BCUT2D eigenvalue weighted by Gasteiger charge is 2.14. The van der Waals surface area contributed by atoms with Crippen molar-refractivity contribution in [2.45, 2.75) is 4.90 Å². The molecule has 0 radical (unpaired) electrons. The first kappa shape index (κ1) is 12.6. The van der Waals surface area contributed by atoms with Gasteiger partial charge in [0.2, 0.25) is 10.0 Å². The van der Waals surface area contributed by atoms with Gasteiger partial charge in [-0.3, -0.25) is 0 Å². The minimum atomic E-state index is -3.71. The average molecular weight is 262 g/mol. The van der Waals surface area contributed by atoms with E-state index in [4.69, 9.17) is 5.14 Å². The molecule has 0 spiro atoms. The van der Waals surface area contributed by atoms with Crippen LogP contribution in [0.4, 0.5) is 5.69 Å². The summed E-state index contributed by atoms with van der Waals surface area (Å²) < 4.78 is 23.0. The fraction of sp³-hybridized carbons (Fsp3) is 0.0769. The van der Waals surface area contributed by atoms with E-state index < -0.39 is 10.0 Å². The van der Waals surface area contributed by atoms with Gasteiger partial charge in [-0.05, 0) is 23.8 Å². The molecule has 2 aromatic carbocycles. The number of nitrogens with two attached hydrogens (primary N) is 1. The predicted octanol–water partition coefficient (Wildman–Crippen LogP) is 2.04. The lowest BCUT2D eigenvalue weighted by Crippen LogP contribution is -2.13. The topological polar surface area (TPSA) is 72.2 Å². The van der Waals surface area contributed by atoms with Gasteiger partial charge in [0.1, 0.15) is 0 Å². The van der Waals surface area contributed by atoms with Gasteiger partial charge in [-0.15, -0.1) is 0 Å². The molecule has 0 aliphatic rings. The van der Waals surface area contributed by atoms with Crippen LogP contribution in [0.15, 0.2) is 53.4 Å². The Morgan fingerprint density at radius 2 is 1.61 bits per heavy atom. The number of sulfonamides is 1. The molecule has 0 aliphatic heterocycles. The Balaban J connectivity index is 2.57. The monoisotopic (exact) mass is 262 g/mol. The molecule has 2 aromatic rings. The second-order valence-corrected chi connectivity index (χ2v) is 5.40. The van der Waals surface area contributed by atoms with E-state index in [2.05, 4.69) is 5.32 Å². The van der Waals surface area contributed by atoms with E-state index in [0.29, 0.717) is 5.56 Å². The SMILES string of the molecule is CNc1ccc(-c2ccccc2S(N)(=O)=O)cc1. The highest BCUT2D eigenvalue weighted by molar-refractivity contribution is 7.89. The quantitative estimate of drug-likeness (QED) is 0.889. The molecule has 0 aromatic heterocycles. The number of rotatable bonds is 3. The molecule has 94 valence electrons. The van der Waals surface area contributed by atoms with Crippen LogP contribution in [0, 0.1) is 0 Å². The molecule has 18 heavy (non-hydrogen) atoms. The van der Waals surface area contributed by atoms with E-state index >= 15 is 0 Å². The fourth-order valence-electron chi connectivity index (χ4n) is 1.77. The Labute approximate surface area is 107 Å². The first-order valence-corrected chi connectivity index (χ1v) is 6.97. The molecule has 3 N–H and O–H groups in total. The Morgan fingerprint density at radius 1 is 1.00 bits per heavy atom. The third kappa shape index (κ3) is 2.52. The molecule has 0 unspecified atom stereocenters. The first-order chi connectivity index (χ1) is 8.52. The third-order valence-electron chi connectivity index (χ3n) is 2.68. The van der Waals surface area contributed by atoms with Crippen LogP contribution in [-0.2, 0) is 10.0 Å². The zero-order valence-electron chi connectivity index (χ0n) is 9.92. The van der Waals surface area contributed by atoms with Crippen molar-refractivity contribution in [1.82, 2.24) is 0 Å². The molecule has 4 nitrogen and oxygen atoms in total. The van der Waals surface area contributed by atoms with Crippen molar-refractivity contribution in [1.29, 1.82) is 0 Å². The maximum absolute atomic E-state index is 11.5. The van der Waals surface area contributed by atoms with Crippen molar-refractivity contribution < 1.29 is 8.42 Å². The summed E-state index contributed by atoms with van der Waals surface area (Å²) in [6.07, 6.45) is 0. The molecule has 0 amide bonds. The molecule has 2 rings (SSSR count). The summed E-state index contributed by atoms with van der Waals surface area (Å²) in [5, 5.41) is 8.22. The van der Waals surface area contributed by atoms with Crippen LogP contribution in [-0.4, -0.2) is 15.5 Å². The van der Waals surface area contributed by atoms with E-state index in [-0.39, 0.29) is 4.90 Å². The summed E-state index contributed by atoms with van der Waals surface area (Å²) in [5.41, 5.74) is 2.40. The fourth-order valence-corrected chi connectivity index (χ4v) is 2.53. The van der Waals surface area contributed by atoms with Gasteiger partial charge in [0.05, 0.1) is 4.90 Å². The van der Waals surface area contributed by atoms with E-state index in [0.717, 1.165) is 11.3 Å². The van der Waals surface area contributed by atoms with E-state index in [1.165, 1.54) is 6.07 Å². The van der Waals surface area contributed by atoms with Crippen LogP contribution < -0.4 is 10.5 Å². The smallest absolute Gasteiger partial charge is 0.238 e. The minimum absolute atomic E-state index is 0.141. The molecule has 0 saturated carbocycles. The zero-order chi connectivity index (χ0) is 13.2. The van der Waals surface area contributed by atoms with Crippen molar-refractivity contribution >= 4 is 15.7 Å². The van der Waals surface area contributed by atoms with Crippen LogP contribution in [0.1, 0.15) is 0 Å². The zero-order valence-corrected chi connectivity index (χ0v) is 10.7. The maximum Gasteiger partial charge on any atom is 0.238 e. The number of primary sulfonamides is 1. The number of hydrogen-bond acceptors (Lipinski definition) is 3. The summed E-state index contributed by atoms with van der Waals surface area (Å²) in [6.45, 7) is 0. The van der Waals surface area contributed by atoms with Crippen molar-refractivity contribution in [3.63, 3.8) is 0 Å². The van der Waals surface area contributed by atoms with Crippen LogP contribution in [0.25, 0.3) is 11.1 Å². The van der Waals surface area contributed by atoms with Crippen LogP contribution >= 0.6 is 0 Å². The number of anilines is 1. The molecule has 0 saturated heterocycles. The lowest BCUT2D eigenvalue weighted by molar-refractivity contribution is 0.598. The Kier molecular flexibility index (Phi) is 3.36.